The van der Waals surface area contributed by atoms with Crippen LogP contribution in [0.4, 0.5) is 10.1 Å². The summed E-state index contributed by atoms with van der Waals surface area (Å²) in [5.41, 5.74) is 1.80. The van der Waals surface area contributed by atoms with Crippen LogP contribution in [-0.4, -0.2) is 15.5 Å². The topological polar surface area (TPSA) is 46.9 Å². The number of nitrogens with zero attached hydrogens (tertiary/aromatic N) is 2. The van der Waals surface area contributed by atoms with Gasteiger partial charge < -0.3 is 9.88 Å². The highest BCUT2D eigenvalue weighted by molar-refractivity contribution is 9.10. The lowest BCUT2D eigenvalue weighted by molar-refractivity contribution is 0.102. The van der Waals surface area contributed by atoms with Gasteiger partial charge in [0.15, 0.2) is 0 Å². The Labute approximate surface area is 134 Å². The lowest BCUT2D eigenvalue weighted by atomic mass is 10.2. The molecule has 0 atom stereocenters. The molecule has 1 N–H and O–H groups in total. The van der Waals surface area contributed by atoms with E-state index in [1.165, 1.54) is 18.2 Å². The minimum atomic E-state index is -0.401. The number of rotatable bonds is 3. The fraction of sp³-hybridized carbons (Fsp3) is 0. The van der Waals surface area contributed by atoms with Crippen LogP contribution in [0.15, 0.2) is 65.7 Å². The SMILES string of the molecule is O=C(Nc1ccccc1-n1ccnc1)c1ccc(F)cc1Br. The molecule has 0 bridgehead atoms. The number of amides is 1. The van der Waals surface area contributed by atoms with E-state index < -0.39 is 5.82 Å². The van der Waals surface area contributed by atoms with Gasteiger partial charge in [-0.2, -0.15) is 0 Å². The fourth-order valence-electron chi connectivity index (χ4n) is 2.07. The van der Waals surface area contributed by atoms with Gasteiger partial charge in [-0.1, -0.05) is 12.1 Å². The van der Waals surface area contributed by atoms with Crippen molar-refractivity contribution in [2.45, 2.75) is 0 Å². The summed E-state index contributed by atoms with van der Waals surface area (Å²) in [5, 5.41) is 2.84. The summed E-state index contributed by atoms with van der Waals surface area (Å²) in [4.78, 5) is 16.4. The Morgan fingerprint density at radius 2 is 2.05 bits per heavy atom. The number of carbonyl (C=O) groups excluding carboxylic acids is 1. The van der Waals surface area contributed by atoms with Crippen molar-refractivity contribution in [3.63, 3.8) is 0 Å². The maximum absolute atomic E-state index is 13.1. The first-order valence-electron chi connectivity index (χ1n) is 6.49. The van der Waals surface area contributed by atoms with Gasteiger partial charge in [0.05, 0.1) is 23.3 Å². The molecule has 0 spiro atoms. The molecule has 0 aliphatic rings. The zero-order chi connectivity index (χ0) is 15.5. The van der Waals surface area contributed by atoms with E-state index in [4.69, 9.17) is 0 Å². The van der Waals surface area contributed by atoms with Gasteiger partial charge in [-0.3, -0.25) is 4.79 Å². The highest BCUT2D eigenvalue weighted by Crippen LogP contribution is 2.23. The summed E-state index contributed by atoms with van der Waals surface area (Å²) in [7, 11) is 0. The quantitative estimate of drug-likeness (QED) is 0.767. The minimum absolute atomic E-state index is 0.320. The summed E-state index contributed by atoms with van der Waals surface area (Å²) in [6.45, 7) is 0. The normalized spacial score (nSPS) is 10.5. The van der Waals surface area contributed by atoms with Gasteiger partial charge in [0.2, 0.25) is 0 Å². The van der Waals surface area contributed by atoms with Gasteiger partial charge in [-0.15, -0.1) is 0 Å². The molecule has 22 heavy (non-hydrogen) atoms. The van der Waals surface area contributed by atoms with Gasteiger partial charge in [0.25, 0.3) is 5.91 Å². The second kappa shape index (κ2) is 6.11. The standard InChI is InChI=1S/C16H11BrFN3O/c17-13-9-11(18)5-6-12(13)16(22)20-14-3-1-2-4-15(14)21-8-7-19-10-21/h1-10H,(H,20,22). The zero-order valence-electron chi connectivity index (χ0n) is 11.3. The number of aromatic nitrogens is 2. The second-order valence-electron chi connectivity index (χ2n) is 4.57. The lowest BCUT2D eigenvalue weighted by Crippen LogP contribution is -2.14. The molecule has 0 fully saturated rings. The summed E-state index contributed by atoms with van der Waals surface area (Å²) < 4.78 is 15.3. The van der Waals surface area contributed by atoms with E-state index in [1.807, 2.05) is 18.2 Å². The number of hydrogen-bond donors (Lipinski definition) is 1. The number of para-hydroxylation sites is 2. The molecule has 3 rings (SSSR count). The van der Waals surface area contributed by atoms with E-state index in [0.29, 0.717) is 15.7 Å². The van der Waals surface area contributed by atoms with E-state index in [0.717, 1.165) is 5.69 Å². The number of halogens is 2. The first-order valence-corrected chi connectivity index (χ1v) is 7.28. The Morgan fingerprint density at radius 3 is 2.77 bits per heavy atom. The first kappa shape index (κ1) is 14.5. The van der Waals surface area contributed by atoms with E-state index >= 15 is 0 Å². The number of carbonyl (C=O) groups is 1. The molecule has 1 heterocycles. The van der Waals surface area contributed by atoms with Crippen LogP contribution < -0.4 is 5.32 Å². The minimum Gasteiger partial charge on any atom is -0.320 e. The smallest absolute Gasteiger partial charge is 0.256 e. The molecular formula is C16H11BrFN3O. The average Bonchev–Trinajstić information content (AvgIpc) is 3.01. The van der Waals surface area contributed by atoms with Crippen molar-refractivity contribution in [3.05, 3.63) is 77.0 Å². The maximum Gasteiger partial charge on any atom is 0.256 e. The van der Waals surface area contributed by atoms with Crippen LogP contribution in [0.2, 0.25) is 0 Å². The number of anilines is 1. The predicted octanol–water partition coefficient (Wildman–Crippen LogP) is 4.03. The van der Waals surface area contributed by atoms with Crippen molar-refractivity contribution in [1.82, 2.24) is 9.55 Å². The lowest BCUT2D eigenvalue weighted by Gasteiger charge is -2.12. The number of benzene rings is 2. The highest BCUT2D eigenvalue weighted by Gasteiger charge is 2.13. The molecule has 0 aliphatic carbocycles. The van der Waals surface area contributed by atoms with Crippen LogP contribution in [0.25, 0.3) is 5.69 Å². The highest BCUT2D eigenvalue weighted by atomic mass is 79.9. The number of nitrogens with one attached hydrogen (secondary N) is 1. The van der Waals surface area contributed by atoms with Gasteiger partial charge >= 0.3 is 0 Å². The summed E-state index contributed by atoms with van der Waals surface area (Å²) >= 11 is 3.20. The summed E-state index contributed by atoms with van der Waals surface area (Å²) in [6.07, 6.45) is 5.10. The molecular weight excluding hydrogens is 349 g/mol. The molecule has 0 aliphatic heterocycles. The Hall–Kier alpha value is -2.47. The summed E-state index contributed by atoms with van der Waals surface area (Å²) in [5.74, 6) is -0.721. The molecule has 110 valence electrons. The zero-order valence-corrected chi connectivity index (χ0v) is 12.9. The first-order chi connectivity index (χ1) is 10.6. The van der Waals surface area contributed by atoms with Crippen LogP contribution in [0.3, 0.4) is 0 Å². The van der Waals surface area contributed by atoms with E-state index in [9.17, 15) is 9.18 Å². The van der Waals surface area contributed by atoms with Crippen molar-refractivity contribution in [3.8, 4) is 5.69 Å². The van der Waals surface area contributed by atoms with Crippen molar-refractivity contribution in [2.75, 3.05) is 5.32 Å². The molecule has 3 aromatic rings. The van der Waals surface area contributed by atoms with Crippen molar-refractivity contribution in [2.24, 2.45) is 0 Å². The Bertz CT molecular complexity index is 818. The van der Waals surface area contributed by atoms with Crippen LogP contribution in [0, 0.1) is 5.82 Å². The molecule has 1 aromatic heterocycles. The van der Waals surface area contributed by atoms with Gasteiger partial charge in [0, 0.05) is 16.9 Å². The fourth-order valence-corrected chi connectivity index (χ4v) is 2.60. The van der Waals surface area contributed by atoms with Crippen molar-refractivity contribution >= 4 is 27.5 Å². The molecule has 0 radical (unpaired) electrons. The monoisotopic (exact) mass is 359 g/mol. The average molecular weight is 360 g/mol. The third-order valence-corrected chi connectivity index (χ3v) is 3.77. The molecule has 0 saturated heterocycles. The number of hydrogen-bond acceptors (Lipinski definition) is 2. The van der Waals surface area contributed by atoms with Crippen LogP contribution in [-0.2, 0) is 0 Å². The van der Waals surface area contributed by atoms with Crippen LogP contribution >= 0.6 is 15.9 Å². The predicted molar refractivity (Wildman–Crippen MR) is 85.6 cm³/mol. The Balaban J connectivity index is 1.92. The molecule has 2 aromatic carbocycles. The van der Waals surface area contributed by atoms with Crippen molar-refractivity contribution in [1.29, 1.82) is 0 Å². The number of imidazole rings is 1. The van der Waals surface area contributed by atoms with Crippen LogP contribution in [0.1, 0.15) is 10.4 Å². The Morgan fingerprint density at radius 1 is 1.23 bits per heavy atom. The molecule has 1 amide bonds. The molecule has 0 saturated carbocycles. The second-order valence-corrected chi connectivity index (χ2v) is 5.42. The molecule has 6 heteroatoms. The third-order valence-electron chi connectivity index (χ3n) is 3.11. The van der Waals surface area contributed by atoms with E-state index in [2.05, 4.69) is 26.2 Å². The molecule has 4 nitrogen and oxygen atoms in total. The van der Waals surface area contributed by atoms with E-state index in [1.54, 1.807) is 29.4 Å². The van der Waals surface area contributed by atoms with Gasteiger partial charge in [-0.05, 0) is 46.3 Å². The molecule has 0 unspecified atom stereocenters. The van der Waals surface area contributed by atoms with Gasteiger partial charge in [-0.25, -0.2) is 9.37 Å². The van der Waals surface area contributed by atoms with Crippen LogP contribution in [0.5, 0.6) is 0 Å². The third kappa shape index (κ3) is 2.92. The Kier molecular flexibility index (Phi) is 4.02. The van der Waals surface area contributed by atoms with E-state index in [-0.39, 0.29) is 5.91 Å². The maximum atomic E-state index is 13.1. The van der Waals surface area contributed by atoms with Crippen molar-refractivity contribution < 1.29 is 9.18 Å². The van der Waals surface area contributed by atoms with Gasteiger partial charge in [0.1, 0.15) is 5.82 Å². The summed E-state index contributed by atoms with van der Waals surface area (Å²) in [6, 6.07) is 11.3. The largest absolute Gasteiger partial charge is 0.320 e.